The van der Waals surface area contributed by atoms with Crippen molar-refractivity contribution in [3.63, 3.8) is 0 Å². The fourth-order valence-electron chi connectivity index (χ4n) is 1.48. The van der Waals surface area contributed by atoms with Gasteiger partial charge < -0.3 is 4.98 Å². The highest BCUT2D eigenvalue weighted by molar-refractivity contribution is 9.10. The van der Waals surface area contributed by atoms with E-state index in [4.69, 9.17) is 0 Å². The molecule has 0 atom stereocenters. The van der Waals surface area contributed by atoms with Gasteiger partial charge in [0, 0.05) is 12.1 Å². The summed E-state index contributed by atoms with van der Waals surface area (Å²) in [5.74, 6) is -2.33. The number of alkyl halides is 3. The lowest BCUT2D eigenvalue weighted by atomic mass is 10.1. The monoisotopic (exact) mass is 327 g/mol. The Hall–Kier alpha value is -1.44. The highest BCUT2D eigenvalue weighted by Gasteiger charge is 2.33. The first-order valence-electron chi connectivity index (χ1n) is 4.49. The second-order valence-electron chi connectivity index (χ2n) is 3.45. The first-order valence-corrected chi connectivity index (χ1v) is 5.29. The van der Waals surface area contributed by atoms with Gasteiger partial charge in [0.1, 0.15) is 17.3 Å². The van der Waals surface area contributed by atoms with Crippen LogP contribution in [-0.4, -0.2) is 4.98 Å². The summed E-state index contributed by atoms with van der Waals surface area (Å²) in [6.45, 7) is 0. The molecule has 1 aromatic heterocycles. The standard InChI is InChI=1S/C10H3BrF5NO/c11-8-3(12)1-4(13)9-7(8)5(18)2-6(17-9)10(14,15)16/h1-2H,(H,17,18). The van der Waals surface area contributed by atoms with Crippen LogP contribution in [0, 0.1) is 11.6 Å². The number of H-pyrrole nitrogens is 1. The van der Waals surface area contributed by atoms with Gasteiger partial charge in [-0.25, -0.2) is 8.78 Å². The van der Waals surface area contributed by atoms with E-state index in [1.807, 2.05) is 0 Å². The van der Waals surface area contributed by atoms with Crippen LogP contribution in [0.4, 0.5) is 22.0 Å². The van der Waals surface area contributed by atoms with Gasteiger partial charge in [-0.3, -0.25) is 4.79 Å². The van der Waals surface area contributed by atoms with E-state index in [1.165, 1.54) is 0 Å². The highest BCUT2D eigenvalue weighted by Crippen LogP contribution is 2.31. The van der Waals surface area contributed by atoms with Gasteiger partial charge in [0.15, 0.2) is 5.43 Å². The molecular weight excluding hydrogens is 325 g/mol. The molecule has 0 unspecified atom stereocenters. The molecule has 18 heavy (non-hydrogen) atoms. The summed E-state index contributed by atoms with van der Waals surface area (Å²) in [4.78, 5) is 13.2. The molecule has 2 aromatic rings. The van der Waals surface area contributed by atoms with Gasteiger partial charge in [0.2, 0.25) is 0 Å². The van der Waals surface area contributed by atoms with Crippen molar-refractivity contribution >= 4 is 26.8 Å². The molecule has 0 fully saturated rings. The quantitative estimate of drug-likeness (QED) is 0.582. The van der Waals surface area contributed by atoms with Crippen molar-refractivity contribution in [1.29, 1.82) is 0 Å². The Bertz CT molecular complexity index is 691. The maximum atomic E-state index is 13.4. The van der Waals surface area contributed by atoms with E-state index in [-0.39, 0.29) is 10.5 Å². The minimum atomic E-state index is -4.82. The molecule has 0 aliphatic heterocycles. The fourth-order valence-corrected chi connectivity index (χ4v) is 1.98. The third kappa shape index (κ3) is 2.00. The number of halogens is 6. The minimum absolute atomic E-state index is 0.256. The molecule has 0 bridgehead atoms. The molecule has 0 aliphatic carbocycles. The third-order valence-corrected chi connectivity index (χ3v) is 3.03. The number of hydrogen-bond donors (Lipinski definition) is 1. The van der Waals surface area contributed by atoms with E-state index in [2.05, 4.69) is 15.9 Å². The molecule has 0 aliphatic rings. The third-order valence-electron chi connectivity index (χ3n) is 2.26. The number of hydrogen-bond acceptors (Lipinski definition) is 1. The number of rotatable bonds is 0. The Kier molecular flexibility index (Phi) is 2.92. The number of pyridine rings is 1. The Labute approximate surface area is 105 Å². The summed E-state index contributed by atoms with van der Waals surface area (Å²) in [5.41, 5.74) is -3.21. The molecule has 1 aromatic carbocycles. The molecular formula is C10H3BrF5NO. The summed E-state index contributed by atoms with van der Waals surface area (Å²) in [5, 5.41) is -0.500. The van der Waals surface area contributed by atoms with Crippen LogP contribution in [0.15, 0.2) is 21.4 Å². The van der Waals surface area contributed by atoms with E-state index in [0.29, 0.717) is 6.07 Å². The summed E-state index contributed by atoms with van der Waals surface area (Å²) in [7, 11) is 0. The number of aromatic amines is 1. The van der Waals surface area contributed by atoms with E-state index in [9.17, 15) is 26.7 Å². The lowest BCUT2D eigenvalue weighted by molar-refractivity contribution is -0.141. The van der Waals surface area contributed by atoms with Gasteiger partial charge in [-0.05, 0) is 15.9 Å². The van der Waals surface area contributed by atoms with Crippen molar-refractivity contribution in [2.45, 2.75) is 6.18 Å². The molecule has 2 rings (SSSR count). The van der Waals surface area contributed by atoms with E-state index < -0.39 is 39.8 Å². The molecule has 2 nitrogen and oxygen atoms in total. The maximum absolute atomic E-state index is 13.4. The molecule has 96 valence electrons. The molecule has 0 saturated carbocycles. The topological polar surface area (TPSA) is 32.9 Å². The van der Waals surface area contributed by atoms with E-state index in [0.717, 1.165) is 0 Å². The minimum Gasteiger partial charge on any atom is -0.348 e. The van der Waals surface area contributed by atoms with Gasteiger partial charge >= 0.3 is 6.18 Å². The van der Waals surface area contributed by atoms with Gasteiger partial charge in [-0.2, -0.15) is 13.2 Å². The number of fused-ring (bicyclic) bond motifs is 1. The molecule has 0 amide bonds. The zero-order valence-electron chi connectivity index (χ0n) is 8.33. The Morgan fingerprint density at radius 3 is 2.28 bits per heavy atom. The van der Waals surface area contributed by atoms with E-state index in [1.54, 1.807) is 4.98 Å². The van der Waals surface area contributed by atoms with Gasteiger partial charge in [0.05, 0.1) is 15.4 Å². The van der Waals surface area contributed by atoms with Crippen molar-refractivity contribution in [3.8, 4) is 0 Å². The Morgan fingerprint density at radius 1 is 1.11 bits per heavy atom. The van der Waals surface area contributed by atoms with Crippen LogP contribution in [0.5, 0.6) is 0 Å². The van der Waals surface area contributed by atoms with Crippen molar-refractivity contribution in [3.05, 3.63) is 44.2 Å². The molecule has 1 N–H and O–H groups in total. The van der Waals surface area contributed by atoms with Crippen LogP contribution in [-0.2, 0) is 6.18 Å². The lowest BCUT2D eigenvalue weighted by Gasteiger charge is -2.09. The van der Waals surface area contributed by atoms with Gasteiger partial charge in [-0.15, -0.1) is 0 Å². The van der Waals surface area contributed by atoms with Gasteiger partial charge in [0.25, 0.3) is 0 Å². The van der Waals surface area contributed by atoms with Crippen molar-refractivity contribution in [1.82, 2.24) is 4.98 Å². The predicted molar refractivity (Wildman–Crippen MR) is 57.2 cm³/mol. The number of aromatic nitrogens is 1. The zero-order valence-corrected chi connectivity index (χ0v) is 9.92. The predicted octanol–water partition coefficient (Wildman–Crippen LogP) is 3.59. The average Bonchev–Trinajstić information content (AvgIpc) is 2.24. The number of nitrogens with one attached hydrogen (secondary N) is 1. The normalized spacial score (nSPS) is 12.1. The molecule has 1 heterocycles. The lowest BCUT2D eigenvalue weighted by Crippen LogP contribution is -2.15. The fraction of sp³-hybridized carbons (Fsp3) is 0.100. The summed E-state index contributed by atoms with van der Waals surface area (Å²) in [6.07, 6.45) is -4.82. The SMILES string of the molecule is O=c1cc(C(F)(F)F)[nH]c2c(F)cc(F)c(Br)c12. The van der Waals surface area contributed by atoms with Crippen molar-refractivity contribution in [2.24, 2.45) is 0 Å². The van der Waals surface area contributed by atoms with E-state index >= 15 is 0 Å². The maximum Gasteiger partial charge on any atom is 0.431 e. The van der Waals surface area contributed by atoms with Crippen LogP contribution in [0.3, 0.4) is 0 Å². The second kappa shape index (κ2) is 4.04. The smallest absolute Gasteiger partial charge is 0.348 e. The summed E-state index contributed by atoms with van der Waals surface area (Å²) >= 11 is 2.70. The van der Waals surface area contributed by atoms with Crippen LogP contribution >= 0.6 is 15.9 Å². The first-order chi connectivity index (χ1) is 8.21. The molecule has 0 spiro atoms. The highest BCUT2D eigenvalue weighted by atomic mass is 79.9. The largest absolute Gasteiger partial charge is 0.431 e. The molecule has 0 saturated heterocycles. The Morgan fingerprint density at radius 2 is 1.72 bits per heavy atom. The summed E-state index contributed by atoms with van der Waals surface area (Å²) in [6, 6.07) is 0.647. The van der Waals surface area contributed by atoms with Crippen LogP contribution < -0.4 is 5.43 Å². The number of benzene rings is 1. The summed E-state index contributed by atoms with van der Waals surface area (Å²) < 4.78 is 63.4. The van der Waals surface area contributed by atoms with Crippen LogP contribution in [0.2, 0.25) is 0 Å². The second-order valence-corrected chi connectivity index (χ2v) is 4.24. The molecule has 8 heteroatoms. The van der Waals surface area contributed by atoms with Crippen molar-refractivity contribution in [2.75, 3.05) is 0 Å². The van der Waals surface area contributed by atoms with Gasteiger partial charge in [-0.1, -0.05) is 0 Å². The average molecular weight is 328 g/mol. The van der Waals surface area contributed by atoms with Crippen LogP contribution in [0.25, 0.3) is 10.9 Å². The molecule has 0 radical (unpaired) electrons. The van der Waals surface area contributed by atoms with Crippen LogP contribution in [0.1, 0.15) is 5.69 Å². The zero-order chi connectivity index (χ0) is 13.7. The van der Waals surface area contributed by atoms with Crippen molar-refractivity contribution < 1.29 is 22.0 Å². The Balaban J connectivity index is 2.96. The first kappa shape index (κ1) is 13.0.